The molecule has 0 aliphatic heterocycles. The summed E-state index contributed by atoms with van der Waals surface area (Å²) in [5.74, 6) is -1.15. The summed E-state index contributed by atoms with van der Waals surface area (Å²) in [5, 5.41) is 41.0. The Hall–Kier alpha value is -6.54. The number of amides is 5. The fourth-order valence-corrected chi connectivity index (χ4v) is 7.42. The van der Waals surface area contributed by atoms with Crippen molar-refractivity contribution in [3.05, 3.63) is 173 Å². The van der Waals surface area contributed by atoms with Gasteiger partial charge in [-0.15, -0.1) is 0 Å². The normalized spacial score (nSPS) is 16.4. The number of urea groups is 1. The summed E-state index contributed by atoms with van der Waals surface area (Å²) in [6.07, 6.45) is -2.67. The highest BCUT2D eigenvalue weighted by molar-refractivity contribution is 5.89. The summed E-state index contributed by atoms with van der Waals surface area (Å²) < 4.78 is 5.46. The average Bonchev–Trinajstić information content (AvgIpc) is 3.58. The van der Waals surface area contributed by atoms with Crippen LogP contribution in [-0.2, 0) is 46.9 Å². The second-order valence-corrected chi connectivity index (χ2v) is 16.6. The molecule has 324 valence electrons. The number of hydrogen-bond acceptors (Lipinski definition) is 8. The Morgan fingerprint density at radius 2 is 1.27 bits per heavy atom. The second kappa shape index (κ2) is 21.3. The zero-order valence-electron chi connectivity index (χ0n) is 35.2. The van der Waals surface area contributed by atoms with Crippen LogP contribution in [0.1, 0.15) is 60.2 Å². The lowest BCUT2D eigenvalue weighted by molar-refractivity contribution is -0.131. The number of aliphatic hydroxyl groups is 2. The molecule has 0 spiro atoms. The van der Waals surface area contributed by atoms with Gasteiger partial charge in [0.15, 0.2) is 0 Å². The first-order valence-corrected chi connectivity index (χ1v) is 20.8. The van der Waals surface area contributed by atoms with Crippen molar-refractivity contribution >= 4 is 29.6 Å². The van der Waals surface area contributed by atoms with Gasteiger partial charge in [-0.3, -0.25) is 14.9 Å². The van der Waals surface area contributed by atoms with E-state index in [0.717, 1.165) is 33.4 Å². The van der Waals surface area contributed by atoms with Crippen LogP contribution in [0.4, 0.5) is 15.3 Å². The molecule has 5 amide bonds. The van der Waals surface area contributed by atoms with Crippen LogP contribution in [0.2, 0.25) is 0 Å². The molecule has 0 bridgehead atoms. The minimum atomic E-state index is -1.51. The highest BCUT2D eigenvalue weighted by atomic mass is 16.5. The van der Waals surface area contributed by atoms with Gasteiger partial charge in [0.1, 0.15) is 18.7 Å². The lowest BCUT2D eigenvalue weighted by Crippen LogP contribution is -2.62. The molecule has 0 fully saturated rings. The molecule has 6 rings (SSSR count). The van der Waals surface area contributed by atoms with Gasteiger partial charge in [0.2, 0.25) is 11.8 Å². The smallest absolute Gasteiger partial charge is 0.408 e. The van der Waals surface area contributed by atoms with Crippen LogP contribution >= 0.6 is 0 Å². The van der Waals surface area contributed by atoms with Crippen LogP contribution in [0.3, 0.4) is 0 Å². The van der Waals surface area contributed by atoms with Crippen molar-refractivity contribution in [1.82, 2.24) is 26.6 Å². The number of hydrogen-bond donors (Lipinski definition) is 8. The molecule has 1 aliphatic carbocycles. The van der Waals surface area contributed by atoms with E-state index in [9.17, 15) is 29.4 Å². The van der Waals surface area contributed by atoms with Crippen molar-refractivity contribution in [1.29, 1.82) is 0 Å². The number of rotatable bonds is 17. The predicted molar refractivity (Wildman–Crippen MR) is 237 cm³/mol. The number of ether oxygens (including phenoxy) is 1. The van der Waals surface area contributed by atoms with Gasteiger partial charge >= 0.3 is 12.1 Å². The molecule has 0 heterocycles. The van der Waals surface area contributed by atoms with Gasteiger partial charge in [0.05, 0.1) is 24.3 Å². The fraction of sp³-hybridized carbons (Fsp3) is 0.306. The van der Waals surface area contributed by atoms with Gasteiger partial charge in [0.25, 0.3) is 0 Å². The third kappa shape index (κ3) is 12.7. The van der Waals surface area contributed by atoms with Gasteiger partial charge in [-0.2, -0.15) is 0 Å². The van der Waals surface area contributed by atoms with Gasteiger partial charge < -0.3 is 41.5 Å². The standard InChI is InChI=1S/C49H56N6O7/c1-49(2,3)44(55-48(61)62-31-35-17-9-5-10-18-35)46(59)53-39(27-32-15-7-4-8-16-32)43(57)42(45(58)54-41-38-22-14-13-19-36(38)28-40(41)56)50-29-33-23-25-34(26-24-33)30-51-47(60)52-37-20-11-6-12-21-37/h4-26,39-44,50,56-57H,27-31H2,1-3H3,(H,53,59)(H,54,58)(H,55,61)(H2,51,52,60)/t39-,40+,41-,42+,43-,44+/m0/s1. The van der Waals surface area contributed by atoms with E-state index in [1.54, 1.807) is 32.9 Å². The molecule has 62 heavy (non-hydrogen) atoms. The lowest BCUT2D eigenvalue weighted by atomic mass is 9.85. The number of aliphatic hydroxyl groups excluding tert-OH is 2. The third-order valence-corrected chi connectivity index (χ3v) is 10.8. The van der Waals surface area contributed by atoms with Gasteiger partial charge in [-0.25, -0.2) is 9.59 Å². The maximum atomic E-state index is 14.4. The van der Waals surface area contributed by atoms with Crippen molar-refractivity contribution in [2.45, 2.75) is 89.7 Å². The number of carbonyl (C=O) groups is 4. The summed E-state index contributed by atoms with van der Waals surface area (Å²) in [7, 11) is 0. The Morgan fingerprint density at radius 1 is 0.694 bits per heavy atom. The van der Waals surface area contributed by atoms with E-state index >= 15 is 0 Å². The van der Waals surface area contributed by atoms with Crippen LogP contribution in [-0.4, -0.2) is 64.5 Å². The minimum Gasteiger partial charge on any atom is -0.445 e. The number of para-hydroxylation sites is 1. The van der Waals surface area contributed by atoms with Crippen molar-refractivity contribution in [3.8, 4) is 0 Å². The topological polar surface area (TPSA) is 190 Å². The second-order valence-electron chi connectivity index (χ2n) is 16.6. The van der Waals surface area contributed by atoms with E-state index < -0.39 is 59.7 Å². The van der Waals surface area contributed by atoms with Gasteiger partial charge in [0, 0.05) is 25.2 Å². The van der Waals surface area contributed by atoms with E-state index in [1.807, 2.05) is 127 Å². The van der Waals surface area contributed by atoms with Crippen molar-refractivity contribution in [3.63, 3.8) is 0 Å². The Bertz CT molecular complexity index is 2240. The molecule has 0 unspecified atom stereocenters. The summed E-state index contributed by atoms with van der Waals surface area (Å²) in [6.45, 7) is 5.85. The first kappa shape index (κ1) is 45.0. The number of benzene rings is 5. The number of alkyl carbamates (subject to hydrolysis) is 1. The fourth-order valence-electron chi connectivity index (χ4n) is 7.42. The van der Waals surface area contributed by atoms with Crippen LogP contribution in [0.25, 0.3) is 0 Å². The van der Waals surface area contributed by atoms with Crippen molar-refractivity contribution in [2.24, 2.45) is 5.41 Å². The maximum Gasteiger partial charge on any atom is 0.408 e. The van der Waals surface area contributed by atoms with E-state index in [2.05, 4.69) is 31.9 Å². The summed E-state index contributed by atoms with van der Waals surface area (Å²) in [4.78, 5) is 54.3. The Morgan fingerprint density at radius 3 is 1.92 bits per heavy atom. The molecule has 0 radical (unpaired) electrons. The number of fused-ring (bicyclic) bond motifs is 1. The van der Waals surface area contributed by atoms with Crippen LogP contribution < -0.4 is 31.9 Å². The molecule has 1 aliphatic rings. The highest BCUT2D eigenvalue weighted by Crippen LogP contribution is 2.31. The van der Waals surface area contributed by atoms with E-state index in [0.29, 0.717) is 12.1 Å². The molecule has 5 aromatic carbocycles. The molecule has 13 heteroatoms. The Kier molecular flexibility index (Phi) is 15.5. The molecular formula is C49H56N6O7. The van der Waals surface area contributed by atoms with Crippen LogP contribution in [0.5, 0.6) is 0 Å². The largest absolute Gasteiger partial charge is 0.445 e. The molecule has 8 N–H and O–H groups in total. The van der Waals surface area contributed by atoms with Crippen molar-refractivity contribution < 1.29 is 34.1 Å². The molecular weight excluding hydrogens is 785 g/mol. The first-order valence-electron chi connectivity index (χ1n) is 20.8. The van der Waals surface area contributed by atoms with Crippen LogP contribution in [0.15, 0.2) is 140 Å². The molecule has 0 saturated carbocycles. The van der Waals surface area contributed by atoms with E-state index in [4.69, 9.17) is 4.74 Å². The van der Waals surface area contributed by atoms with Gasteiger partial charge in [-0.1, -0.05) is 148 Å². The quantitative estimate of drug-likeness (QED) is 0.0588. The Labute approximate surface area is 362 Å². The van der Waals surface area contributed by atoms with Gasteiger partial charge in [-0.05, 0) is 57.3 Å². The molecule has 0 saturated heterocycles. The number of anilines is 1. The van der Waals surface area contributed by atoms with Crippen molar-refractivity contribution in [2.75, 3.05) is 5.32 Å². The minimum absolute atomic E-state index is 0.00859. The van der Waals surface area contributed by atoms with Crippen LogP contribution in [0, 0.1) is 5.41 Å². The molecule has 6 atom stereocenters. The molecule has 5 aromatic rings. The van der Waals surface area contributed by atoms with E-state index in [-0.39, 0.29) is 32.1 Å². The monoisotopic (exact) mass is 840 g/mol. The van der Waals surface area contributed by atoms with E-state index in [1.165, 1.54) is 0 Å². The molecule has 0 aromatic heterocycles. The summed E-state index contributed by atoms with van der Waals surface area (Å²) in [5.41, 5.74) is 4.80. The lowest BCUT2D eigenvalue weighted by Gasteiger charge is -2.35. The SMILES string of the molecule is CC(C)(C)[C@H](NC(=O)OCc1ccccc1)C(=O)N[C@@H](Cc1ccccc1)[C@H](O)[C@@H](NCc1ccc(CNC(=O)Nc2ccccc2)cc1)C(=O)N[C@H]1c2ccccc2C[C@H]1O. The number of carbonyl (C=O) groups excluding carboxylic acids is 4. The zero-order chi connectivity index (χ0) is 44.1. The Balaban J connectivity index is 1.20. The highest BCUT2D eigenvalue weighted by Gasteiger charge is 2.40. The average molecular weight is 841 g/mol. The molecule has 13 nitrogen and oxygen atoms in total. The predicted octanol–water partition coefficient (Wildman–Crippen LogP) is 5.67. The first-order chi connectivity index (χ1) is 29.8. The summed E-state index contributed by atoms with van der Waals surface area (Å²) >= 11 is 0. The third-order valence-electron chi connectivity index (χ3n) is 10.8. The number of nitrogens with one attached hydrogen (secondary N) is 6. The summed E-state index contributed by atoms with van der Waals surface area (Å²) in [6, 6.07) is 38.1. The zero-order valence-corrected chi connectivity index (χ0v) is 35.2. The maximum absolute atomic E-state index is 14.4.